The molecule has 2 rings (SSSR count). The summed E-state index contributed by atoms with van der Waals surface area (Å²) in [6.07, 6.45) is 5.58. The lowest BCUT2D eigenvalue weighted by Crippen LogP contribution is -2.21. The van der Waals surface area contributed by atoms with Crippen LogP contribution >= 0.6 is 0 Å². The van der Waals surface area contributed by atoms with E-state index in [1.165, 1.54) is 38.8 Å². The summed E-state index contributed by atoms with van der Waals surface area (Å²) in [5.74, 6) is 0.945. The Kier molecular flexibility index (Phi) is 2.13. The van der Waals surface area contributed by atoms with Crippen LogP contribution in [-0.2, 0) is 0 Å². The van der Waals surface area contributed by atoms with Crippen LogP contribution in [0.15, 0.2) is 0 Å². The standard InChI is InChI=1S/C10H20N2/c1-12-5-2-9(7-12)6-10(8-11)3-4-10/h9H,2-8,11H2,1H3. The van der Waals surface area contributed by atoms with Crippen molar-refractivity contribution in [1.82, 2.24) is 4.90 Å². The first-order chi connectivity index (χ1) is 5.74. The normalized spacial score (nSPS) is 34.0. The fraction of sp³-hybridized carbons (Fsp3) is 1.00. The fourth-order valence-corrected chi connectivity index (χ4v) is 2.47. The molecule has 2 aliphatic rings. The van der Waals surface area contributed by atoms with E-state index in [1.807, 2.05) is 0 Å². The molecule has 2 heteroatoms. The molecule has 1 aliphatic heterocycles. The molecule has 0 radical (unpaired) electrons. The van der Waals surface area contributed by atoms with Crippen LogP contribution in [0.5, 0.6) is 0 Å². The predicted octanol–water partition coefficient (Wildman–Crippen LogP) is 1.07. The summed E-state index contributed by atoms with van der Waals surface area (Å²) in [5, 5.41) is 0. The number of nitrogens with zero attached hydrogens (tertiary/aromatic N) is 1. The second-order valence-corrected chi connectivity index (χ2v) is 4.83. The SMILES string of the molecule is CN1CCC(CC2(CN)CC2)C1. The van der Waals surface area contributed by atoms with Crippen molar-refractivity contribution in [3.8, 4) is 0 Å². The highest BCUT2D eigenvalue weighted by Crippen LogP contribution is 2.50. The number of likely N-dealkylation sites (tertiary alicyclic amines) is 1. The van der Waals surface area contributed by atoms with Gasteiger partial charge in [-0.2, -0.15) is 0 Å². The molecule has 1 aliphatic carbocycles. The molecular formula is C10H20N2. The van der Waals surface area contributed by atoms with Gasteiger partial charge in [0.25, 0.3) is 0 Å². The van der Waals surface area contributed by atoms with Crippen molar-refractivity contribution < 1.29 is 0 Å². The molecule has 1 saturated carbocycles. The van der Waals surface area contributed by atoms with Gasteiger partial charge in [0, 0.05) is 6.54 Å². The molecule has 0 amide bonds. The van der Waals surface area contributed by atoms with E-state index in [9.17, 15) is 0 Å². The summed E-state index contributed by atoms with van der Waals surface area (Å²) in [4.78, 5) is 2.44. The molecule has 2 fully saturated rings. The van der Waals surface area contributed by atoms with Gasteiger partial charge in [-0.25, -0.2) is 0 Å². The van der Waals surface area contributed by atoms with Gasteiger partial charge in [-0.3, -0.25) is 0 Å². The third kappa shape index (κ3) is 1.64. The van der Waals surface area contributed by atoms with Gasteiger partial charge >= 0.3 is 0 Å². The zero-order chi connectivity index (χ0) is 8.60. The van der Waals surface area contributed by atoms with Gasteiger partial charge in [0.1, 0.15) is 0 Å². The van der Waals surface area contributed by atoms with Gasteiger partial charge in [-0.05, 0) is 57.2 Å². The molecule has 2 nitrogen and oxygen atoms in total. The Morgan fingerprint density at radius 3 is 2.67 bits per heavy atom. The molecule has 0 bridgehead atoms. The number of rotatable bonds is 3. The lowest BCUT2D eigenvalue weighted by atomic mass is 9.91. The van der Waals surface area contributed by atoms with Gasteiger partial charge in [0.2, 0.25) is 0 Å². The monoisotopic (exact) mass is 168 g/mol. The van der Waals surface area contributed by atoms with Gasteiger partial charge in [-0.15, -0.1) is 0 Å². The fourth-order valence-electron chi connectivity index (χ4n) is 2.47. The van der Waals surface area contributed by atoms with E-state index in [1.54, 1.807) is 0 Å². The van der Waals surface area contributed by atoms with Crippen LogP contribution in [0.2, 0.25) is 0 Å². The van der Waals surface area contributed by atoms with Crippen LogP contribution in [0.4, 0.5) is 0 Å². The topological polar surface area (TPSA) is 29.3 Å². The van der Waals surface area contributed by atoms with Crippen molar-refractivity contribution in [2.75, 3.05) is 26.7 Å². The minimum Gasteiger partial charge on any atom is -0.330 e. The first-order valence-corrected chi connectivity index (χ1v) is 5.13. The highest BCUT2D eigenvalue weighted by molar-refractivity contribution is 4.96. The first kappa shape index (κ1) is 8.52. The van der Waals surface area contributed by atoms with Crippen LogP contribution in [0.25, 0.3) is 0 Å². The summed E-state index contributed by atoms with van der Waals surface area (Å²) in [7, 11) is 2.22. The van der Waals surface area contributed by atoms with Crippen molar-refractivity contribution in [2.45, 2.75) is 25.7 Å². The Labute approximate surface area is 75.1 Å². The molecule has 1 heterocycles. The Morgan fingerprint density at radius 1 is 1.50 bits per heavy atom. The largest absolute Gasteiger partial charge is 0.330 e. The van der Waals surface area contributed by atoms with E-state index in [0.717, 1.165) is 12.5 Å². The Bertz CT molecular complexity index is 163. The summed E-state index contributed by atoms with van der Waals surface area (Å²) < 4.78 is 0. The van der Waals surface area contributed by atoms with Gasteiger partial charge in [0.05, 0.1) is 0 Å². The first-order valence-electron chi connectivity index (χ1n) is 5.13. The third-order valence-corrected chi connectivity index (χ3v) is 3.60. The maximum Gasteiger partial charge on any atom is 0.000730 e. The quantitative estimate of drug-likeness (QED) is 0.683. The minimum absolute atomic E-state index is 0.593. The number of hydrogen-bond donors (Lipinski definition) is 1. The maximum atomic E-state index is 5.77. The highest BCUT2D eigenvalue weighted by atomic mass is 15.1. The second kappa shape index (κ2) is 3.00. The lowest BCUT2D eigenvalue weighted by molar-refractivity contribution is 0.339. The van der Waals surface area contributed by atoms with E-state index in [-0.39, 0.29) is 0 Å². The zero-order valence-corrected chi connectivity index (χ0v) is 8.05. The molecule has 12 heavy (non-hydrogen) atoms. The minimum atomic E-state index is 0.593. The number of hydrogen-bond acceptors (Lipinski definition) is 2. The maximum absolute atomic E-state index is 5.77. The van der Waals surface area contributed by atoms with E-state index in [0.29, 0.717) is 5.41 Å². The molecule has 70 valence electrons. The molecule has 0 aromatic heterocycles. The van der Waals surface area contributed by atoms with Gasteiger partial charge in [0.15, 0.2) is 0 Å². The van der Waals surface area contributed by atoms with Crippen LogP contribution in [-0.4, -0.2) is 31.6 Å². The average Bonchev–Trinajstić information content (AvgIpc) is 2.71. The molecule has 0 aromatic rings. The van der Waals surface area contributed by atoms with Crippen molar-refractivity contribution in [1.29, 1.82) is 0 Å². The Balaban J connectivity index is 1.80. The smallest absolute Gasteiger partial charge is 0.000730 e. The summed E-state index contributed by atoms with van der Waals surface area (Å²) in [6, 6.07) is 0. The van der Waals surface area contributed by atoms with Crippen LogP contribution in [0, 0.1) is 11.3 Å². The van der Waals surface area contributed by atoms with E-state index in [4.69, 9.17) is 5.73 Å². The average molecular weight is 168 g/mol. The predicted molar refractivity (Wildman–Crippen MR) is 50.9 cm³/mol. The van der Waals surface area contributed by atoms with Crippen molar-refractivity contribution in [3.05, 3.63) is 0 Å². The van der Waals surface area contributed by atoms with Crippen molar-refractivity contribution in [3.63, 3.8) is 0 Å². The molecule has 1 unspecified atom stereocenters. The van der Waals surface area contributed by atoms with Crippen molar-refractivity contribution >= 4 is 0 Å². The molecule has 1 saturated heterocycles. The third-order valence-electron chi connectivity index (χ3n) is 3.60. The summed E-state index contributed by atoms with van der Waals surface area (Å²) >= 11 is 0. The molecule has 0 aromatic carbocycles. The number of nitrogens with two attached hydrogens (primary N) is 1. The van der Waals surface area contributed by atoms with Crippen LogP contribution in [0.3, 0.4) is 0 Å². The molecular weight excluding hydrogens is 148 g/mol. The molecule has 1 atom stereocenters. The van der Waals surface area contributed by atoms with E-state index >= 15 is 0 Å². The van der Waals surface area contributed by atoms with Crippen LogP contribution < -0.4 is 5.73 Å². The van der Waals surface area contributed by atoms with Crippen molar-refractivity contribution in [2.24, 2.45) is 17.1 Å². The summed E-state index contributed by atoms with van der Waals surface area (Å²) in [6.45, 7) is 3.53. The second-order valence-electron chi connectivity index (χ2n) is 4.83. The molecule has 0 spiro atoms. The van der Waals surface area contributed by atoms with Gasteiger partial charge < -0.3 is 10.6 Å². The van der Waals surface area contributed by atoms with Crippen LogP contribution in [0.1, 0.15) is 25.7 Å². The lowest BCUT2D eigenvalue weighted by Gasteiger charge is -2.17. The van der Waals surface area contributed by atoms with E-state index in [2.05, 4.69) is 11.9 Å². The van der Waals surface area contributed by atoms with E-state index < -0.39 is 0 Å². The zero-order valence-electron chi connectivity index (χ0n) is 8.05. The Morgan fingerprint density at radius 2 is 2.25 bits per heavy atom. The molecule has 2 N–H and O–H groups in total. The Hall–Kier alpha value is -0.0800. The highest BCUT2D eigenvalue weighted by Gasteiger charge is 2.43. The van der Waals surface area contributed by atoms with Gasteiger partial charge in [-0.1, -0.05) is 0 Å². The summed E-state index contributed by atoms with van der Waals surface area (Å²) in [5.41, 5.74) is 6.36.